The van der Waals surface area contributed by atoms with E-state index in [0.29, 0.717) is 6.42 Å². The summed E-state index contributed by atoms with van der Waals surface area (Å²) < 4.78 is 45.6. The molecule has 1 fully saturated rings. The monoisotopic (exact) mass is 348 g/mol. The number of carbonyl (C=O) groups is 1. The zero-order chi connectivity index (χ0) is 18.3. The number of amides is 2. The third-order valence-electron chi connectivity index (χ3n) is 3.99. The molecule has 0 spiro atoms. The van der Waals surface area contributed by atoms with Crippen LogP contribution in [0.25, 0.3) is 0 Å². The molecular formula is C15H23F3N4O2. The van der Waals surface area contributed by atoms with Crippen LogP contribution < -0.4 is 10.6 Å². The summed E-state index contributed by atoms with van der Waals surface area (Å²) in [7, 11) is 1.40. The zero-order valence-corrected chi connectivity index (χ0v) is 14.4. The van der Waals surface area contributed by atoms with E-state index in [2.05, 4.69) is 15.7 Å². The van der Waals surface area contributed by atoms with Crippen LogP contribution >= 0.6 is 0 Å². The maximum atomic E-state index is 12.9. The summed E-state index contributed by atoms with van der Waals surface area (Å²) >= 11 is 0. The van der Waals surface area contributed by atoms with Crippen molar-refractivity contribution in [1.29, 1.82) is 0 Å². The van der Waals surface area contributed by atoms with Crippen molar-refractivity contribution in [3.63, 3.8) is 0 Å². The number of aromatic nitrogens is 2. The van der Waals surface area contributed by atoms with Gasteiger partial charge in [0.05, 0.1) is 17.2 Å². The minimum atomic E-state index is -4.56. The van der Waals surface area contributed by atoms with Gasteiger partial charge >= 0.3 is 12.2 Å². The van der Waals surface area contributed by atoms with Crippen molar-refractivity contribution in [3.8, 4) is 0 Å². The normalized spacial score (nSPS) is 22.4. The summed E-state index contributed by atoms with van der Waals surface area (Å²) in [4.78, 5) is 12.1. The minimum Gasteiger partial charge on any atom is -0.367 e. The molecule has 24 heavy (non-hydrogen) atoms. The van der Waals surface area contributed by atoms with E-state index in [1.807, 2.05) is 27.7 Å². The van der Waals surface area contributed by atoms with E-state index in [4.69, 9.17) is 4.74 Å². The maximum absolute atomic E-state index is 12.9. The van der Waals surface area contributed by atoms with Crippen LogP contribution in [0.3, 0.4) is 0 Å². The molecule has 0 aromatic carbocycles. The Labute approximate surface area is 138 Å². The van der Waals surface area contributed by atoms with Crippen LogP contribution in [0.2, 0.25) is 0 Å². The van der Waals surface area contributed by atoms with Gasteiger partial charge in [0, 0.05) is 25.4 Å². The number of nitrogens with zero attached hydrogens (tertiary/aromatic N) is 2. The number of alkyl halides is 3. The van der Waals surface area contributed by atoms with E-state index in [0.717, 1.165) is 4.68 Å². The fourth-order valence-corrected chi connectivity index (χ4v) is 3.08. The first kappa shape index (κ1) is 18.6. The lowest BCUT2D eigenvalue weighted by atomic mass is 9.95. The molecule has 2 heterocycles. The van der Waals surface area contributed by atoms with Gasteiger partial charge in [-0.25, -0.2) is 4.79 Å². The Kier molecular flexibility index (Phi) is 4.60. The second-order valence-electron chi connectivity index (χ2n) is 7.22. The van der Waals surface area contributed by atoms with E-state index in [1.54, 1.807) is 0 Å². The van der Waals surface area contributed by atoms with Crippen molar-refractivity contribution in [2.24, 2.45) is 7.05 Å². The zero-order valence-electron chi connectivity index (χ0n) is 14.4. The molecule has 2 rings (SSSR count). The Bertz CT molecular complexity index is 623. The topological polar surface area (TPSA) is 68.2 Å². The highest BCUT2D eigenvalue weighted by atomic mass is 19.4. The molecule has 9 heteroatoms. The molecule has 1 aromatic rings. The average molecular weight is 348 g/mol. The summed E-state index contributed by atoms with van der Waals surface area (Å²) in [5.41, 5.74) is -1.99. The summed E-state index contributed by atoms with van der Waals surface area (Å²) in [5, 5.41) is 8.64. The van der Waals surface area contributed by atoms with Gasteiger partial charge in [0.15, 0.2) is 5.69 Å². The van der Waals surface area contributed by atoms with Crippen LogP contribution in [0.5, 0.6) is 0 Å². The van der Waals surface area contributed by atoms with Crippen molar-refractivity contribution in [2.75, 3.05) is 0 Å². The minimum absolute atomic E-state index is 0.0811. The molecule has 0 saturated carbocycles. The van der Waals surface area contributed by atoms with Gasteiger partial charge in [0.25, 0.3) is 0 Å². The highest BCUT2D eigenvalue weighted by Gasteiger charge is 2.46. The van der Waals surface area contributed by atoms with Gasteiger partial charge in [-0.3, -0.25) is 4.68 Å². The van der Waals surface area contributed by atoms with Gasteiger partial charge in [-0.2, -0.15) is 18.3 Å². The van der Waals surface area contributed by atoms with Crippen LogP contribution in [-0.2, 0) is 24.5 Å². The summed E-state index contributed by atoms with van der Waals surface area (Å²) in [5.74, 6) is 0. The number of halogens is 3. The molecule has 1 saturated heterocycles. The smallest absolute Gasteiger partial charge is 0.367 e. The predicted molar refractivity (Wildman–Crippen MR) is 81.2 cm³/mol. The molecule has 2 amide bonds. The third kappa shape index (κ3) is 4.19. The van der Waals surface area contributed by atoms with Crippen molar-refractivity contribution in [2.45, 2.75) is 64.1 Å². The fourth-order valence-electron chi connectivity index (χ4n) is 3.08. The fraction of sp³-hybridized carbons (Fsp3) is 0.733. The lowest BCUT2D eigenvalue weighted by Gasteiger charge is -2.27. The molecule has 0 radical (unpaired) electrons. The number of nitrogens with one attached hydrogen (secondary N) is 2. The van der Waals surface area contributed by atoms with Crippen molar-refractivity contribution < 1.29 is 22.7 Å². The van der Waals surface area contributed by atoms with Gasteiger partial charge in [-0.05, 0) is 34.1 Å². The molecule has 136 valence electrons. The van der Waals surface area contributed by atoms with Gasteiger partial charge in [-0.1, -0.05) is 0 Å². The van der Waals surface area contributed by atoms with E-state index >= 15 is 0 Å². The van der Waals surface area contributed by atoms with Crippen LogP contribution in [0.15, 0.2) is 6.20 Å². The number of hydrogen-bond donors (Lipinski definition) is 2. The van der Waals surface area contributed by atoms with Crippen LogP contribution in [0.4, 0.5) is 18.0 Å². The quantitative estimate of drug-likeness (QED) is 0.882. The van der Waals surface area contributed by atoms with Gasteiger partial charge in [0.2, 0.25) is 0 Å². The molecule has 1 atom stereocenters. The number of hydrogen-bond acceptors (Lipinski definition) is 3. The van der Waals surface area contributed by atoms with Crippen LogP contribution in [0.1, 0.15) is 45.4 Å². The Morgan fingerprint density at radius 2 is 2.04 bits per heavy atom. The van der Waals surface area contributed by atoms with E-state index in [-0.39, 0.29) is 23.8 Å². The third-order valence-corrected chi connectivity index (χ3v) is 3.99. The van der Waals surface area contributed by atoms with Crippen molar-refractivity contribution >= 4 is 6.03 Å². The molecule has 1 aromatic heterocycles. The number of urea groups is 1. The summed E-state index contributed by atoms with van der Waals surface area (Å²) in [6.45, 7) is 7.34. The molecule has 0 unspecified atom stereocenters. The average Bonchev–Trinajstić information content (AvgIpc) is 2.83. The highest BCUT2D eigenvalue weighted by molar-refractivity contribution is 5.74. The van der Waals surface area contributed by atoms with Crippen molar-refractivity contribution in [3.05, 3.63) is 17.5 Å². The van der Waals surface area contributed by atoms with Crippen molar-refractivity contribution in [1.82, 2.24) is 20.4 Å². The van der Waals surface area contributed by atoms with Gasteiger partial charge in [0.1, 0.15) is 0 Å². The largest absolute Gasteiger partial charge is 0.435 e. The first-order valence-corrected chi connectivity index (χ1v) is 7.64. The molecular weight excluding hydrogens is 325 g/mol. The summed E-state index contributed by atoms with van der Waals surface area (Å²) in [6.07, 6.45) is -2.69. The number of ether oxygens (including phenoxy) is 1. The standard InChI is InChI=1S/C15H23F3N4O2/c1-13(2)6-10(14(3,4)24-13)20-12(23)19-7-9-8-22(5)21-11(9)15(16,17)18/h8,10H,6-7H2,1-5H3,(H2,19,20,23)/t10-/m1/s1. The summed E-state index contributed by atoms with van der Waals surface area (Å²) in [6, 6.07) is -0.769. The Morgan fingerprint density at radius 1 is 1.42 bits per heavy atom. The van der Waals surface area contributed by atoms with E-state index in [1.165, 1.54) is 13.2 Å². The molecule has 1 aliphatic rings. The Balaban J connectivity index is 1.98. The first-order chi connectivity index (χ1) is 10.8. The highest BCUT2D eigenvalue weighted by Crippen LogP contribution is 2.37. The Morgan fingerprint density at radius 3 is 2.54 bits per heavy atom. The molecule has 0 aliphatic carbocycles. The molecule has 0 bridgehead atoms. The molecule has 2 N–H and O–H groups in total. The SMILES string of the molecule is Cn1cc(CNC(=O)N[C@@H]2CC(C)(C)OC2(C)C)c(C(F)(F)F)n1. The van der Waals surface area contributed by atoms with E-state index < -0.39 is 23.5 Å². The number of rotatable bonds is 3. The van der Waals surface area contributed by atoms with Crippen LogP contribution in [0, 0.1) is 0 Å². The maximum Gasteiger partial charge on any atom is 0.435 e. The lowest BCUT2D eigenvalue weighted by Crippen LogP contribution is -2.49. The number of carbonyl (C=O) groups excluding carboxylic acids is 1. The van der Waals surface area contributed by atoms with Gasteiger partial charge < -0.3 is 15.4 Å². The first-order valence-electron chi connectivity index (χ1n) is 7.64. The Hall–Kier alpha value is -1.77. The number of aryl methyl sites for hydroxylation is 1. The second kappa shape index (κ2) is 5.94. The van der Waals surface area contributed by atoms with Gasteiger partial charge in [-0.15, -0.1) is 0 Å². The molecule has 1 aliphatic heterocycles. The predicted octanol–water partition coefficient (Wildman–Crippen LogP) is 2.58. The van der Waals surface area contributed by atoms with Crippen LogP contribution in [-0.4, -0.2) is 33.1 Å². The lowest BCUT2D eigenvalue weighted by molar-refractivity contribution is -0.142. The second-order valence-corrected chi connectivity index (χ2v) is 7.22. The molecule has 6 nitrogen and oxygen atoms in total. The van der Waals surface area contributed by atoms with E-state index in [9.17, 15) is 18.0 Å².